The van der Waals surface area contributed by atoms with Crippen molar-refractivity contribution in [2.24, 2.45) is 0 Å². The fourth-order valence-electron chi connectivity index (χ4n) is 3.22. The second-order valence-corrected chi connectivity index (χ2v) is 7.09. The van der Waals surface area contributed by atoms with Gasteiger partial charge in [-0.15, -0.1) is 0 Å². The lowest BCUT2D eigenvalue weighted by Gasteiger charge is -2.26. The Morgan fingerprint density at radius 3 is 2.63 bits per heavy atom. The zero-order valence-corrected chi connectivity index (χ0v) is 15.4. The molecule has 0 saturated heterocycles. The van der Waals surface area contributed by atoms with Gasteiger partial charge in [0.15, 0.2) is 0 Å². The number of carbonyl (C=O) groups excluding carboxylic acids is 1. The third-order valence-electron chi connectivity index (χ3n) is 4.83. The van der Waals surface area contributed by atoms with Crippen molar-refractivity contribution in [3.8, 4) is 0 Å². The van der Waals surface area contributed by atoms with E-state index in [-0.39, 0.29) is 17.6 Å². The van der Waals surface area contributed by atoms with Crippen LogP contribution in [0.2, 0.25) is 0 Å². The molecule has 1 aliphatic heterocycles. The molecule has 0 aliphatic carbocycles. The lowest BCUT2D eigenvalue weighted by atomic mass is 10.1. The summed E-state index contributed by atoms with van der Waals surface area (Å²) in [5.74, 6) is 0.295. The van der Waals surface area contributed by atoms with Crippen molar-refractivity contribution < 1.29 is 14.4 Å². The van der Waals surface area contributed by atoms with Gasteiger partial charge in [-0.3, -0.25) is 9.48 Å². The fourth-order valence-corrected chi connectivity index (χ4v) is 3.22. The van der Waals surface area contributed by atoms with Crippen molar-refractivity contribution in [1.82, 2.24) is 19.8 Å². The highest BCUT2D eigenvalue weighted by Crippen LogP contribution is 2.24. The van der Waals surface area contributed by atoms with Crippen molar-refractivity contribution in [1.29, 1.82) is 0 Å². The molecule has 0 radical (unpaired) electrons. The van der Waals surface area contributed by atoms with E-state index in [9.17, 15) is 9.90 Å². The van der Waals surface area contributed by atoms with Gasteiger partial charge in [-0.2, -0.15) is 5.10 Å². The Labute approximate surface area is 157 Å². The molecule has 2 aromatic heterocycles. The highest BCUT2D eigenvalue weighted by atomic mass is 16.5. The Balaban J connectivity index is 1.51. The van der Waals surface area contributed by atoms with Gasteiger partial charge < -0.3 is 14.5 Å². The zero-order valence-electron chi connectivity index (χ0n) is 15.4. The molecule has 0 unspecified atom stereocenters. The van der Waals surface area contributed by atoms with Crippen LogP contribution in [-0.2, 0) is 13.1 Å². The predicted molar refractivity (Wildman–Crippen MR) is 98.1 cm³/mol. The molecule has 4 rings (SSSR count). The topological polar surface area (TPSA) is 84.4 Å². The van der Waals surface area contributed by atoms with Gasteiger partial charge in [0.2, 0.25) is 5.76 Å². The summed E-state index contributed by atoms with van der Waals surface area (Å²) in [7, 11) is 0. The minimum atomic E-state index is -0.781. The highest BCUT2D eigenvalue weighted by Gasteiger charge is 2.27. The highest BCUT2D eigenvalue weighted by molar-refractivity contribution is 5.91. The van der Waals surface area contributed by atoms with Crippen LogP contribution in [0.25, 0.3) is 0 Å². The monoisotopic (exact) mass is 366 g/mol. The first-order valence-corrected chi connectivity index (χ1v) is 9.08. The fraction of sp³-hybridized carbons (Fsp3) is 0.350. The number of aliphatic hydroxyl groups is 1. The summed E-state index contributed by atoms with van der Waals surface area (Å²) in [4.78, 5) is 14.4. The molecule has 140 valence electrons. The maximum atomic E-state index is 12.7. The van der Waals surface area contributed by atoms with Crippen LogP contribution >= 0.6 is 0 Å². The number of rotatable bonds is 4. The van der Waals surface area contributed by atoms with Gasteiger partial charge in [0.1, 0.15) is 6.10 Å². The Morgan fingerprint density at radius 2 is 1.93 bits per heavy atom. The zero-order chi connectivity index (χ0) is 19.0. The molecule has 1 atom stereocenters. The van der Waals surface area contributed by atoms with Crippen molar-refractivity contribution in [2.45, 2.75) is 39.0 Å². The second-order valence-electron chi connectivity index (χ2n) is 7.09. The van der Waals surface area contributed by atoms with Gasteiger partial charge in [0, 0.05) is 12.6 Å². The van der Waals surface area contributed by atoms with Crippen LogP contribution in [0.3, 0.4) is 0 Å². The van der Waals surface area contributed by atoms with Gasteiger partial charge in [0.05, 0.1) is 30.2 Å². The van der Waals surface area contributed by atoms with Gasteiger partial charge >= 0.3 is 0 Å². The van der Waals surface area contributed by atoms with Crippen LogP contribution in [0, 0.1) is 0 Å². The number of aromatic nitrogens is 3. The number of nitrogens with zero attached hydrogens (tertiary/aromatic N) is 4. The number of fused-ring (bicyclic) bond motifs is 1. The molecule has 3 aromatic rings. The number of aliphatic hydroxyl groups excluding tert-OH is 1. The first kappa shape index (κ1) is 17.5. The maximum Gasteiger partial charge on any atom is 0.292 e. The van der Waals surface area contributed by atoms with E-state index >= 15 is 0 Å². The summed E-state index contributed by atoms with van der Waals surface area (Å²) in [5.41, 5.74) is 3.05. The van der Waals surface area contributed by atoms with Gasteiger partial charge in [-0.1, -0.05) is 49.3 Å². The lowest BCUT2D eigenvalue weighted by molar-refractivity contribution is 0.0663. The van der Waals surface area contributed by atoms with E-state index in [1.807, 2.05) is 54.9 Å². The molecule has 1 aromatic carbocycles. The van der Waals surface area contributed by atoms with Crippen molar-refractivity contribution in [2.75, 3.05) is 6.54 Å². The van der Waals surface area contributed by atoms with Gasteiger partial charge in [-0.05, 0) is 17.5 Å². The summed E-state index contributed by atoms with van der Waals surface area (Å²) in [6.45, 7) is 5.54. The van der Waals surface area contributed by atoms with E-state index in [0.717, 1.165) is 17.0 Å². The van der Waals surface area contributed by atoms with Crippen molar-refractivity contribution in [3.63, 3.8) is 0 Å². The molecule has 7 heteroatoms. The van der Waals surface area contributed by atoms with Gasteiger partial charge in [0.25, 0.3) is 5.91 Å². The summed E-state index contributed by atoms with van der Waals surface area (Å²) in [6.07, 6.45) is -0.781. The summed E-state index contributed by atoms with van der Waals surface area (Å²) in [6, 6.07) is 13.0. The standard InChI is InChI=1S/C20H22N4O3/c1-13(2)16-11-18(27-22-16)20(26)23-8-9-24-15(12-23)10-17(21-24)19(25)14-6-4-3-5-7-14/h3-7,10-11,13,19,25H,8-9,12H2,1-2H3/t19-/m0/s1. The number of hydrogen-bond acceptors (Lipinski definition) is 5. The third-order valence-corrected chi connectivity index (χ3v) is 4.83. The Bertz CT molecular complexity index is 945. The smallest absolute Gasteiger partial charge is 0.292 e. The van der Waals surface area contributed by atoms with Crippen molar-refractivity contribution in [3.05, 3.63) is 70.9 Å². The SMILES string of the molecule is CC(C)c1cc(C(=O)N2CCn3nc([C@@H](O)c4ccccc4)cc3C2)on1. The minimum absolute atomic E-state index is 0.174. The molecular weight excluding hydrogens is 344 g/mol. The normalized spacial score (nSPS) is 15.0. The van der Waals surface area contributed by atoms with E-state index in [0.29, 0.717) is 25.3 Å². The minimum Gasteiger partial charge on any atom is -0.382 e. The summed E-state index contributed by atoms with van der Waals surface area (Å²) >= 11 is 0. The van der Waals surface area contributed by atoms with Crippen LogP contribution in [-0.4, -0.2) is 37.4 Å². The van der Waals surface area contributed by atoms with Crippen LogP contribution in [0.1, 0.15) is 59.1 Å². The molecule has 0 fully saturated rings. The molecule has 7 nitrogen and oxygen atoms in total. The van der Waals surface area contributed by atoms with E-state index < -0.39 is 6.10 Å². The van der Waals surface area contributed by atoms with E-state index in [1.165, 1.54) is 0 Å². The second kappa shape index (κ2) is 7.00. The predicted octanol–water partition coefficient (Wildman–Crippen LogP) is 2.73. The largest absolute Gasteiger partial charge is 0.382 e. The van der Waals surface area contributed by atoms with Crippen LogP contribution < -0.4 is 0 Å². The maximum absolute atomic E-state index is 12.7. The summed E-state index contributed by atoms with van der Waals surface area (Å²) < 4.78 is 7.08. The average molecular weight is 366 g/mol. The molecule has 1 aliphatic rings. The molecule has 0 saturated carbocycles. The molecule has 3 heterocycles. The Morgan fingerprint density at radius 1 is 1.15 bits per heavy atom. The number of benzene rings is 1. The molecular formula is C20H22N4O3. The van der Waals surface area contributed by atoms with E-state index in [4.69, 9.17) is 4.52 Å². The van der Waals surface area contributed by atoms with Crippen molar-refractivity contribution >= 4 is 5.91 Å². The summed E-state index contributed by atoms with van der Waals surface area (Å²) in [5, 5.41) is 19.0. The third kappa shape index (κ3) is 3.38. The average Bonchev–Trinajstić information content (AvgIpc) is 3.34. The van der Waals surface area contributed by atoms with Crippen LogP contribution in [0.4, 0.5) is 0 Å². The molecule has 1 N–H and O–H groups in total. The van der Waals surface area contributed by atoms with E-state index in [1.54, 1.807) is 11.0 Å². The molecule has 27 heavy (non-hydrogen) atoms. The van der Waals surface area contributed by atoms with Crippen LogP contribution in [0.5, 0.6) is 0 Å². The Hall–Kier alpha value is -2.93. The van der Waals surface area contributed by atoms with Crippen LogP contribution in [0.15, 0.2) is 47.0 Å². The van der Waals surface area contributed by atoms with Gasteiger partial charge in [-0.25, -0.2) is 0 Å². The molecule has 1 amide bonds. The molecule has 0 spiro atoms. The first-order chi connectivity index (χ1) is 13.0. The first-order valence-electron chi connectivity index (χ1n) is 9.08. The number of amides is 1. The Kier molecular flexibility index (Phi) is 4.53. The number of hydrogen-bond donors (Lipinski definition) is 1. The molecule has 0 bridgehead atoms. The quantitative estimate of drug-likeness (QED) is 0.767. The lowest BCUT2D eigenvalue weighted by Crippen LogP contribution is -2.38. The number of carbonyl (C=O) groups is 1. The van der Waals surface area contributed by atoms with E-state index in [2.05, 4.69) is 10.3 Å².